The van der Waals surface area contributed by atoms with Crippen molar-refractivity contribution < 1.29 is 0 Å². The summed E-state index contributed by atoms with van der Waals surface area (Å²) < 4.78 is 0. The highest BCUT2D eigenvalue weighted by Gasteiger charge is 2.56. The maximum absolute atomic E-state index is 6.23. The minimum absolute atomic E-state index is 0.281. The fourth-order valence-corrected chi connectivity index (χ4v) is 5.23. The lowest BCUT2D eigenvalue weighted by atomic mass is 9.48. The normalized spacial score (nSPS) is 46.0. The van der Waals surface area contributed by atoms with Crippen molar-refractivity contribution in [1.82, 2.24) is 10.2 Å². The first kappa shape index (κ1) is 12.9. The van der Waals surface area contributed by atoms with Crippen LogP contribution in [-0.4, -0.2) is 44.2 Å². The van der Waals surface area contributed by atoms with Crippen molar-refractivity contribution in [3.8, 4) is 0 Å². The zero-order valence-corrected chi connectivity index (χ0v) is 12.0. The second-order valence-electron chi connectivity index (χ2n) is 7.28. The third-order valence-corrected chi connectivity index (χ3v) is 5.95. The molecular formula is C15H29N3. The Morgan fingerprint density at radius 3 is 2.06 bits per heavy atom. The largest absolute Gasteiger partial charge is 0.329 e. The van der Waals surface area contributed by atoms with Gasteiger partial charge in [-0.2, -0.15) is 0 Å². The van der Waals surface area contributed by atoms with Gasteiger partial charge in [0.25, 0.3) is 0 Å². The lowest BCUT2D eigenvalue weighted by Gasteiger charge is -2.61. The molecule has 4 aliphatic rings. The van der Waals surface area contributed by atoms with Gasteiger partial charge in [-0.15, -0.1) is 0 Å². The predicted molar refractivity (Wildman–Crippen MR) is 75.4 cm³/mol. The molecule has 0 unspecified atom stereocenters. The Labute approximate surface area is 111 Å². The number of likely N-dealkylation sites (N-methyl/N-ethyl adjacent to an activating group) is 1. The Morgan fingerprint density at radius 2 is 1.61 bits per heavy atom. The van der Waals surface area contributed by atoms with E-state index in [1.165, 1.54) is 32.1 Å². The number of rotatable bonds is 5. The Hall–Kier alpha value is -0.120. The molecule has 4 rings (SSSR count). The van der Waals surface area contributed by atoms with Crippen molar-refractivity contribution >= 4 is 0 Å². The van der Waals surface area contributed by atoms with Gasteiger partial charge in [0.05, 0.1) is 0 Å². The summed E-state index contributed by atoms with van der Waals surface area (Å²) in [5.41, 5.74) is 6.51. The number of nitrogens with one attached hydrogen (secondary N) is 1. The summed E-state index contributed by atoms with van der Waals surface area (Å²) in [5.74, 6) is 3.78. The van der Waals surface area contributed by atoms with Gasteiger partial charge in [-0.05, 0) is 69.9 Å². The van der Waals surface area contributed by atoms with Crippen LogP contribution in [0.25, 0.3) is 0 Å². The zero-order chi connectivity index (χ0) is 12.8. The molecule has 3 heteroatoms. The van der Waals surface area contributed by atoms with Crippen molar-refractivity contribution in [1.29, 1.82) is 0 Å². The van der Waals surface area contributed by atoms with Crippen LogP contribution in [0.15, 0.2) is 0 Å². The fraction of sp³-hybridized carbons (Fsp3) is 1.00. The number of hydrogen-bond acceptors (Lipinski definition) is 3. The van der Waals surface area contributed by atoms with Gasteiger partial charge in [0.1, 0.15) is 0 Å². The van der Waals surface area contributed by atoms with E-state index in [0.29, 0.717) is 0 Å². The molecule has 18 heavy (non-hydrogen) atoms. The summed E-state index contributed by atoms with van der Waals surface area (Å²) in [6.45, 7) is 3.05. The molecule has 0 aromatic carbocycles. The maximum atomic E-state index is 6.23. The molecule has 0 amide bonds. The van der Waals surface area contributed by atoms with Gasteiger partial charge in [-0.3, -0.25) is 0 Å². The highest BCUT2D eigenvalue weighted by atomic mass is 15.1. The fourth-order valence-electron chi connectivity index (χ4n) is 5.23. The van der Waals surface area contributed by atoms with Crippen molar-refractivity contribution in [2.45, 2.75) is 37.6 Å². The van der Waals surface area contributed by atoms with E-state index in [9.17, 15) is 0 Å². The second kappa shape index (κ2) is 4.77. The summed E-state index contributed by atoms with van der Waals surface area (Å²) in [4.78, 5) is 2.26. The quantitative estimate of drug-likeness (QED) is 0.774. The molecule has 0 aromatic rings. The van der Waals surface area contributed by atoms with E-state index >= 15 is 0 Å². The molecule has 4 bridgehead atoms. The summed E-state index contributed by atoms with van der Waals surface area (Å²) in [7, 11) is 4.29. The van der Waals surface area contributed by atoms with Crippen LogP contribution >= 0.6 is 0 Å². The third-order valence-electron chi connectivity index (χ3n) is 5.95. The van der Waals surface area contributed by atoms with Gasteiger partial charge in [-0.1, -0.05) is 0 Å². The van der Waals surface area contributed by atoms with Crippen LogP contribution in [0.3, 0.4) is 0 Å². The Balaban J connectivity index is 1.70. The zero-order valence-electron chi connectivity index (χ0n) is 12.0. The molecule has 3 N–H and O–H groups in total. The average Bonchev–Trinajstić information content (AvgIpc) is 2.32. The monoisotopic (exact) mass is 251 g/mol. The summed E-state index contributed by atoms with van der Waals surface area (Å²) in [6, 6.07) is 0. The van der Waals surface area contributed by atoms with E-state index in [1.54, 1.807) is 0 Å². The average molecular weight is 251 g/mol. The molecule has 4 aliphatic carbocycles. The molecule has 4 fully saturated rings. The number of nitrogens with two attached hydrogens (primary N) is 1. The molecule has 0 radical (unpaired) electrons. The van der Waals surface area contributed by atoms with Crippen molar-refractivity contribution in [2.24, 2.45) is 29.4 Å². The van der Waals surface area contributed by atoms with E-state index in [4.69, 9.17) is 5.73 Å². The first-order chi connectivity index (χ1) is 8.64. The second-order valence-corrected chi connectivity index (χ2v) is 7.28. The standard InChI is InChI=1S/C15H29N3/c1-18(2)4-3-17-15(10-16)13-6-11-5-12(8-13)9-14(15)7-11/h11-14,17H,3-10,16H2,1-2H3. The first-order valence-electron chi connectivity index (χ1n) is 7.74. The van der Waals surface area contributed by atoms with Gasteiger partial charge >= 0.3 is 0 Å². The molecule has 0 aromatic heterocycles. The topological polar surface area (TPSA) is 41.3 Å². The van der Waals surface area contributed by atoms with E-state index in [-0.39, 0.29) is 5.54 Å². The predicted octanol–water partition coefficient (Wildman–Crippen LogP) is 1.29. The van der Waals surface area contributed by atoms with Crippen LogP contribution in [-0.2, 0) is 0 Å². The van der Waals surface area contributed by atoms with Crippen LogP contribution in [0, 0.1) is 23.7 Å². The van der Waals surface area contributed by atoms with Crippen LogP contribution in [0.4, 0.5) is 0 Å². The Bertz CT molecular complexity index is 272. The highest BCUT2D eigenvalue weighted by Crippen LogP contribution is 2.57. The minimum Gasteiger partial charge on any atom is -0.329 e. The maximum Gasteiger partial charge on any atom is 0.0361 e. The molecule has 0 saturated heterocycles. The number of hydrogen-bond donors (Lipinski definition) is 2. The SMILES string of the molecule is CN(C)CCNC1(CN)C2CC3CC(C2)CC1C3. The van der Waals surface area contributed by atoms with E-state index in [0.717, 1.165) is 43.3 Å². The molecule has 4 saturated carbocycles. The van der Waals surface area contributed by atoms with Gasteiger partial charge in [0, 0.05) is 25.2 Å². The van der Waals surface area contributed by atoms with Crippen molar-refractivity contribution in [3.05, 3.63) is 0 Å². The summed E-state index contributed by atoms with van der Waals surface area (Å²) in [5, 5.41) is 3.89. The van der Waals surface area contributed by atoms with Gasteiger partial charge in [-0.25, -0.2) is 0 Å². The highest BCUT2D eigenvalue weighted by molar-refractivity contribution is 5.11. The summed E-state index contributed by atoms with van der Waals surface area (Å²) in [6.07, 6.45) is 7.29. The molecule has 0 aliphatic heterocycles. The lowest BCUT2D eigenvalue weighted by molar-refractivity contribution is -0.0693. The Kier molecular flexibility index (Phi) is 3.41. The van der Waals surface area contributed by atoms with Gasteiger partial charge in [0.15, 0.2) is 0 Å². The van der Waals surface area contributed by atoms with Crippen molar-refractivity contribution in [3.63, 3.8) is 0 Å². The first-order valence-corrected chi connectivity index (χ1v) is 7.74. The van der Waals surface area contributed by atoms with Crippen LogP contribution in [0.5, 0.6) is 0 Å². The van der Waals surface area contributed by atoms with E-state index < -0.39 is 0 Å². The Morgan fingerprint density at radius 1 is 1.06 bits per heavy atom. The smallest absolute Gasteiger partial charge is 0.0361 e. The minimum atomic E-state index is 0.281. The van der Waals surface area contributed by atoms with Gasteiger partial charge < -0.3 is 16.0 Å². The molecule has 104 valence electrons. The molecule has 0 spiro atoms. The van der Waals surface area contributed by atoms with Crippen LogP contribution in [0.1, 0.15) is 32.1 Å². The van der Waals surface area contributed by atoms with Crippen molar-refractivity contribution in [2.75, 3.05) is 33.7 Å². The van der Waals surface area contributed by atoms with E-state index in [1.807, 2.05) is 0 Å². The molecule has 0 heterocycles. The van der Waals surface area contributed by atoms with E-state index in [2.05, 4.69) is 24.3 Å². The molecule has 3 nitrogen and oxygen atoms in total. The van der Waals surface area contributed by atoms with Crippen LogP contribution < -0.4 is 11.1 Å². The lowest BCUT2D eigenvalue weighted by Crippen LogP contribution is -2.68. The molecule has 0 atom stereocenters. The third kappa shape index (κ3) is 2.00. The molecular weight excluding hydrogens is 222 g/mol. The summed E-state index contributed by atoms with van der Waals surface area (Å²) >= 11 is 0. The number of nitrogens with zero attached hydrogens (tertiary/aromatic N) is 1. The van der Waals surface area contributed by atoms with Crippen LogP contribution in [0.2, 0.25) is 0 Å². The van der Waals surface area contributed by atoms with Gasteiger partial charge in [0.2, 0.25) is 0 Å².